The molecule has 0 spiro atoms. The molecule has 1 aromatic rings. The lowest BCUT2D eigenvalue weighted by Gasteiger charge is -2.19. The third-order valence-electron chi connectivity index (χ3n) is 3.16. The number of hydrogen-bond acceptors (Lipinski definition) is 3. The number of methoxy groups -OCH3 is 1. The van der Waals surface area contributed by atoms with E-state index in [1.165, 1.54) is 5.56 Å². The Morgan fingerprint density at radius 1 is 1.44 bits per heavy atom. The number of aryl methyl sites for hydroxylation is 1. The van der Waals surface area contributed by atoms with Crippen molar-refractivity contribution in [3.63, 3.8) is 0 Å². The maximum Gasteiger partial charge on any atom is 0.120 e. The van der Waals surface area contributed by atoms with E-state index in [0.29, 0.717) is 6.04 Å². The van der Waals surface area contributed by atoms with Crippen LogP contribution in [0.25, 0.3) is 0 Å². The third-order valence-corrected chi connectivity index (χ3v) is 3.16. The lowest BCUT2D eigenvalue weighted by atomic mass is 10.1. The van der Waals surface area contributed by atoms with Gasteiger partial charge in [-0.25, -0.2) is 0 Å². The van der Waals surface area contributed by atoms with E-state index in [4.69, 9.17) is 9.47 Å². The molecule has 1 heterocycles. The molecule has 88 valence electrons. The van der Waals surface area contributed by atoms with Crippen molar-refractivity contribution in [3.8, 4) is 5.75 Å². The molecule has 0 saturated carbocycles. The maximum atomic E-state index is 5.54. The number of ether oxygens (including phenoxy) is 2. The number of hydrogen-bond donors (Lipinski definition) is 1. The van der Waals surface area contributed by atoms with Gasteiger partial charge in [0.25, 0.3) is 0 Å². The van der Waals surface area contributed by atoms with Crippen LogP contribution < -0.4 is 10.1 Å². The first-order chi connectivity index (χ1) is 7.70. The highest BCUT2D eigenvalue weighted by molar-refractivity contribution is 5.55. The topological polar surface area (TPSA) is 30.5 Å². The Labute approximate surface area is 96.8 Å². The molecule has 3 nitrogen and oxygen atoms in total. The zero-order valence-electron chi connectivity index (χ0n) is 10.1. The molecule has 3 heteroatoms. The summed E-state index contributed by atoms with van der Waals surface area (Å²) < 4.78 is 10.8. The summed E-state index contributed by atoms with van der Waals surface area (Å²) >= 11 is 0. The molecule has 0 amide bonds. The number of benzene rings is 1. The molecule has 2 unspecified atom stereocenters. The van der Waals surface area contributed by atoms with Gasteiger partial charge < -0.3 is 14.8 Å². The standard InChI is InChI=1S/C13H19NO2/c1-9-4-5-11(15-3)8-13(9)14-12-6-7-16-10(12)2/h4-5,8,10,12,14H,6-7H2,1-3H3. The van der Waals surface area contributed by atoms with E-state index in [2.05, 4.69) is 25.2 Å². The molecule has 1 aromatic carbocycles. The molecule has 1 aliphatic rings. The van der Waals surface area contributed by atoms with Gasteiger partial charge in [0, 0.05) is 18.4 Å². The second-order valence-corrected chi connectivity index (χ2v) is 4.30. The second kappa shape index (κ2) is 4.74. The van der Waals surface area contributed by atoms with Crippen LogP contribution in [-0.2, 0) is 4.74 Å². The van der Waals surface area contributed by atoms with Gasteiger partial charge in [0.1, 0.15) is 5.75 Å². The van der Waals surface area contributed by atoms with E-state index in [0.717, 1.165) is 24.5 Å². The van der Waals surface area contributed by atoms with Crippen LogP contribution in [0.1, 0.15) is 18.9 Å². The van der Waals surface area contributed by atoms with Gasteiger partial charge in [-0.1, -0.05) is 6.07 Å². The predicted molar refractivity (Wildman–Crippen MR) is 65.2 cm³/mol. The predicted octanol–water partition coefficient (Wildman–Crippen LogP) is 2.59. The van der Waals surface area contributed by atoms with Crippen LogP contribution in [0.4, 0.5) is 5.69 Å². The highest BCUT2D eigenvalue weighted by Crippen LogP contribution is 2.25. The van der Waals surface area contributed by atoms with Crippen molar-refractivity contribution in [2.24, 2.45) is 0 Å². The molecule has 1 fully saturated rings. The van der Waals surface area contributed by atoms with Crippen molar-refractivity contribution in [1.29, 1.82) is 0 Å². The first kappa shape index (κ1) is 11.3. The molecule has 1 aliphatic heterocycles. The van der Waals surface area contributed by atoms with Crippen molar-refractivity contribution >= 4 is 5.69 Å². The summed E-state index contributed by atoms with van der Waals surface area (Å²) in [4.78, 5) is 0. The third kappa shape index (κ3) is 2.30. The van der Waals surface area contributed by atoms with E-state index < -0.39 is 0 Å². The summed E-state index contributed by atoms with van der Waals surface area (Å²) in [5, 5.41) is 3.53. The van der Waals surface area contributed by atoms with Crippen LogP contribution >= 0.6 is 0 Å². The fraction of sp³-hybridized carbons (Fsp3) is 0.538. The highest BCUT2D eigenvalue weighted by Gasteiger charge is 2.24. The largest absolute Gasteiger partial charge is 0.497 e. The molecular weight excluding hydrogens is 202 g/mol. The van der Waals surface area contributed by atoms with Crippen molar-refractivity contribution in [2.45, 2.75) is 32.4 Å². The second-order valence-electron chi connectivity index (χ2n) is 4.30. The summed E-state index contributed by atoms with van der Waals surface area (Å²) in [6.45, 7) is 5.06. The molecule has 16 heavy (non-hydrogen) atoms. The van der Waals surface area contributed by atoms with E-state index in [1.54, 1.807) is 7.11 Å². The molecule has 1 N–H and O–H groups in total. The monoisotopic (exact) mass is 221 g/mol. The van der Waals surface area contributed by atoms with Gasteiger partial charge in [0.05, 0.1) is 19.3 Å². The minimum atomic E-state index is 0.283. The SMILES string of the molecule is COc1ccc(C)c(NC2CCOC2C)c1. The van der Waals surface area contributed by atoms with Crippen molar-refractivity contribution < 1.29 is 9.47 Å². The van der Waals surface area contributed by atoms with Crippen LogP contribution in [0.2, 0.25) is 0 Å². The van der Waals surface area contributed by atoms with Gasteiger partial charge >= 0.3 is 0 Å². The van der Waals surface area contributed by atoms with Crippen LogP contribution in [0.15, 0.2) is 18.2 Å². The normalized spacial score (nSPS) is 24.4. The Hall–Kier alpha value is -1.22. The van der Waals surface area contributed by atoms with Gasteiger partial charge in [-0.3, -0.25) is 0 Å². The first-order valence-electron chi connectivity index (χ1n) is 5.73. The summed E-state index contributed by atoms with van der Waals surface area (Å²) in [5.41, 5.74) is 2.38. The minimum absolute atomic E-state index is 0.283. The van der Waals surface area contributed by atoms with Gasteiger partial charge in [-0.2, -0.15) is 0 Å². The molecule has 0 bridgehead atoms. The molecule has 2 atom stereocenters. The summed E-state index contributed by atoms with van der Waals surface area (Å²) in [7, 11) is 1.69. The summed E-state index contributed by atoms with van der Waals surface area (Å²) in [5.74, 6) is 0.889. The summed E-state index contributed by atoms with van der Waals surface area (Å²) in [6.07, 6.45) is 1.35. The van der Waals surface area contributed by atoms with Gasteiger partial charge in [-0.05, 0) is 31.9 Å². The molecule has 1 saturated heterocycles. The van der Waals surface area contributed by atoms with E-state index in [1.807, 2.05) is 12.1 Å². The molecule has 2 rings (SSSR count). The Bertz CT molecular complexity index is 365. The number of anilines is 1. The highest BCUT2D eigenvalue weighted by atomic mass is 16.5. The number of rotatable bonds is 3. The fourth-order valence-corrected chi connectivity index (χ4v) is 2.00. The zero-order chi connectivity index (χ0) is 11.5. The van der Waals surface area contributed by atoms with Crippen molar-refractivity contribution in [3.05, 3.63) is 23.8 Å². The fourth-order valence-electron chi connectivity index (χ4n) is 2.00. The average Bonchev–Trinajstić information content (AvgIpc) is 2.68. The molecule has 0 radical (unpaired) electrons. The Morgan fingerprint density at radius 3 is 2.88 bits per heavy atom. The molecular formula is C13H19NO2. The van der Waals surface area contributed by atoms with Crippen LogP contribution in [0, 0.1) is 6.92 Å². The Kier molecular flexibility index (Phi) is 3.34. The van der Waals surface area contributed by atoms with Crippen LogP contribution in [0.5, 0.6) is 5.75 Å². The number of nitrogens with one attached hydrogen (secondary N) is 1. The molecule has 0 aromatic heterocycles. The van der Waals surface area contributed by atoms with Gasteiger partial charge in [-0.15, -0.1) is 0 Å². The first-order valence-corrected chi connectivity index (χ1v) is 5.73. The van der Waals surface area contributed by atoms with Crippen LogP contribution in [0.3, 0.4) is 0 Å². The molecule has 0 aliphatic carbocycles. The Balaban J connectivity index is 2.13. The van der Waals surface area contributed by atoms with E-state index in [9.17, 15) is 0 Å². The van der Waals surface area contributed by atoms with Gasteiger partial charge in [0.15, 0.2) is 0 Å². The summed E-state index contributed by atoms with van der Waals surface area (Å²) in [6, 6.07) is 6.50. The van der Waals surface area contributed by atoms with Crippen molar-refractivity contribution in [1.82, 2.24) is 0 Å². The minimum Gasteiger partial charge on any atom is -0.497 e. The lowest BCUT2D eigenvalue weighted by molar-refractivity contribution is 0.121. The average molecular weight is 221 g/mol. The van der Waals surface area contributed by atoms with Crippen LogP contribution in [-0.4, -0.2) is 25.9 Å². The van der Waals surface area contributed by atoms with Gasteiger partial charge in [0.2, 0.25) is 0 Å². The van der Waals surface area contributed by atoms with E-state index >= 15 is 0 Å². The lowest BCUT2D eigenvalue weighted by Crippen LogP contribution is -2.26. The maximum absolute atomic E-state index is 5.54. The Morgan fingerprint density at radius 2 is 2.25 bits per heavy atom. The van der Waals surface area contributed by atoms with E-state index in [-0.39, 0.29) is 6.10 Å². The smallest absolute Gasteiger partial charge is 0.120 e. The zero-order valence-corrected chi connectivity index (χ0v) is 10.1. The quantitative estimate of drug-likeness (QED) is 0.851. The van der Waals surface area contributed by atoms with Crippen molar-refractivity contribution in [2.75, 3.05) is 19.0 Å².